The molecule has 1 aromatic heterocycles. The van der Waals surface area contributed by atoms with Gasteiger partial charge in [0, 0.05) is 22.7 Å². The van der Waals surface area contributed by atoms with Gasteiger partial charge in [-0.25, -0.2) is 0 Å². The van der Waals surface area contributed by atoms with E-state index in [2.05, 4.69) is 17.6 Å². The molecule has 0 amide bonds. The Kier molecular flexibility index (Phi) is 2.10. The first-order valence-electron chi connectivity index (χ1n) is 4.03. The second-order valence-corrected chi connectivity index (χ2v) is 3.15. The summed E-state index contributed by atoms with van der Waals surface area (Å²) < 4.78 is 0. The van der Waals surface area contributed by atoms with E-state index in [4.69, 9.17) is 0 Å². The van der Waals surface area contributed by atoms with Crippen molar-refractivity contribution in [2.45, 2.75) is 0 Å². The monoisotopic (exact) mass is 191 g/mol. The zero-order chi connectivity index (χ0) is 9.26. The van der Waals surface area contributed by atoms with Gasteiger partial charge in [-0.2, -0.15) is 12.6 Å². The molecule has 2 rings (SSSR count). The molecule has 0 aliphatic carbocycles. The van der Waals surface area contributed by atoms with Gasteiger partial charge in [-0.15, -0.1) is 0 Å². The van der Waals surface area contributed by atoms with Crippen LogP contribution in [0.1, 0.15) is 10.4 Å². The number of nitrogens with one attached hydrogen (secondary N) is 1. The molecule has 3 heteroatoms. The van der Waals surface area contributed by atoms with E-state index in [0.717, 1.165) is 16.5 Å². The van der Waals surface area contributed by atoms with Gasteiger partial charge < -0.3 is 4.98 Å². The smallest absolute Gasteiger partial charge is 0.174 e. The highest BCUT2D eigenvalue weighted by Gasteiger charge is 2.08. The number of para-hydroxylation sites is 1. The molecule has 0 saturated carbocycles. The second kappa shape index (κ2) is 3.26. The first-order valence-corrected chi connectivity index (χ1v) is 4.66. The fraction of sp³-hybridized carbons (Fsp3) is 0.100. The number of hydrogen-bond acceptors (Lipinski definition) is 2. The highest BCUT2D eigenvalue weighted by molar-refractivity contribution is 7.81. The summed E-state index contributed by atoms with van der Waals surface area (Å²) in [5.74, 6) is 0.308. The third kappa shape index (κ3) is 1.35. The van der Waals surface area contributed by atoms with Crippen molar-refractivity contribution in [2.75, 3.05) is 5.75 Å². The summed E-state index contributed by atoms with van der Waals surface area (Å²) >= 11 is 3.96. The molecule has 1 heterocycles. The zero-order valence-corrected chi connectivity index (χ0v) is 7.84. The molecule has 0 fully saturated rings. The van der Waals surface area contributed by atoms with Crippen molar-refractivity contribution in [1.29, 1.82) is 0 Å². The van der Waals surface area contributed by atoms with Gasteiger partial charge in [0.1, 0.15) is 0 Å². The molecule has 2 nitrogen and oxygen atoms in total. The molecule has 0 unspecified atom stereocenters. The Morgan fingerprint density at radius 3 is 2.92 bits per heavy atom. The molecule has 66 valence electrons. The number of ketones is 1. The number of benzene rings is 1. The number of hydrogen-bond donors (Lipinski definition) is 2. The number of carbonyl (C=O) groups is 1. The Labute approximate surface area is 81.4 Å². The average molecular weight is 191 g/mol. The molecule has 0 radical (unpaired) electrons. The summed E-state index contributed by atoms with van der Waals surface area (Å²) in [7, 11) is 0. The van der Waals surface area contributed by atoms with Crippen molar-refractivity contribution in [2.24, 2.45) is 0 Å². The van der Waals surface area contributed by atoms with Crippen LogP contribution in [0.2, 0.25) is 0 Å². The summed E-state index contributed by atoms with van der Waals surface area (Å²) in [5.41, 5.74) is 1.72. The fourth-order valence-corrected chi connectivity index (χ4v) is 1.56. The number of H-pyrrole nitrogens is 1. The number of rotatable bonds is 2. The molecule has 1 N–H and O–H groups in total. The highest BCUT2D eigenvalue weighted by atomic mass is 32.1. The SMILES string of the molecule is O=C(CS)c1c[nH]c2ccccc12. The average Bonchev–Trinajstić information content (AvgIpc) is 2.60. The maximum Gasteiger partial charge on any atom is 0.174 e. The van der Waals surface area contributed by atoms with Crippen LogP contribution in [0.4, 0.5) is 0 Å². The lowest BCUT2D eigenvalue weighted by Crippen LogP contribution is -1.98. The Bertz CT molecular complexity index is 447. The topological polar surface area (TPSA) is 32.9 Å². The molecule has 2 aromatic rings. The summed E-state index contributed by atoms with van der Waals surface area (Å²) in [6, 6.07) is 7.74. The maximum absolute atomic E-state index is 11.4. The molecule has 13 heavy (non-hydrogen) atoms. The Hall–Kier alpha value is -1.22. The van der Waals surface area contributed by atoms with Crippen molar-refractivity contribution >= 4 is 29.3 Å². The van der Waals surface area contributed by atoms with Crippen LogP contribution in [0.3, 0.4) is 0 Å². The number of Topliss-reactive ketones (excluding diaryl/α,β-unsaturated/α-hetero) is 1. The van der Waals surface area contributed by atoms with Crippen LogP contribution < -0.4 is 0 Å². The third-order valence-corrected chi connectivity index (χ3v) is 2.32. The molecule has 1 aromatic carbocycles. The molecule has 0 spiro atoms. The molecule has 0 aliphatic rings. The molecule has 0 aliphatic heterocycles. The van der Waals surface area contributed by atoms with E-state index in [0.29, 0.717) is 0 Å². The van der Waals surface area contributed by atoms with Crippen LogP contribution >= 0.6 is 12.6 Å². The van der Waals surface area contributed by atoms with Gasteiger partial charge in [-0.1, -0.05) is 18.2 Å². The Morgan fingerprint density at radius 2 is 2.15 bits per heavy atom. The minimum Gasteiger partial charge on any atom is -0.360 e. The van der Waals surface area contributed by atoms with Crippen molar-refractivity contribution in [1.82, 2.24) is 4.98 Å². The summed E-state index contributed by atoms with van der Waals surface area (Å²) in [6.45, 7) is 0. The summed E-state index contributed by atoms with van der Waals surface area (Å²) in [5, 5.41) is 0.974. The summed E-state index contributed by atoms with van der Waals surface area (Å²) in [4.78, 5) is 14.4. The van der Waals surface area contributed by atoms with Gasteiger partial charge in [-0.3, -0.25) is 4.79 Å². The predicted octanol–water partition coefficient (Wildman–Crippen LogP) is 2.28. The summed E-state index contributed by atoms with van der Waals surface area (Å²) in [6.07, 6.45) is 1.74. The second-order valence-electron chi connectivity index (χ2n) is 2.83. The van der Waals surface area contributed by atoms with Gasteiger partial charge in [0.25, 0.3) is 0 Å². The fourth-order valence-electron chi connectivity index (χ4n) is 1.39. The van der Waals surface area contributed by atoms with Crippen LogP contribution in [-0.2, 0) is 0 Å². The maximum atomic E-state index is 11.4. The number of aromatic amines is 1. The molecular weight excluding hydrogens is 182 g/mol. The van der Waals surface area contributed by atoms with Crippen LogP contribution in [0.5, 0.6) is 0 Å². The lowest BCUT2D eigenvalue weighted by molar-refractivity contribution is 0.102. The lowest BCUT2D eigenvalue weighted by Gasteiger charge is -1.93. The minimum absolute atomic E-state index is 0.0563. The van der Waals surface area contributed by atoms with Gasteiger partial charge in [0.05, 0.1) is 5.75 Å². The van der Waals surface area contributed by atoms with E-state index in [-0.39, 0.29) is 11.5 Å². The Morgan fingerprint density at radius 1 is 1.38 bits per heavy atom. The van der Waals surface area contributed by atoms with Crippen LogP contribution in [0, 0.1) is 0 Å². The van der Waals surface area contributed by atoms with Gasteiger partial charge >= 0.3 is 0 Å². The minimum atomic E-state index is 0.0563. The van der Waals surface area contributed by atoms with Crippen molar-refractivity contribution in [3.8, 4) is 0 Å². The van der Waals surface area contributed by atoms with Crippen LogP contribution in [0.25, 0.3) is 10.9 Å². The van der Waals surface area contributed by atoms with Gasteiger partial charge in [0.2, 0.25) is 0 Å². The lowest BCUT2D eigenvalue weighted by atomic mass is 10.1. The van der Waals surface area contributed by atoms with E-state index in [9.17, 15) is 4.79 Å². The molecular formula is C10H9NOS. The van der Waals surface area contributed by atoms with E-state index < -0.39 is 0 Å². The predicted molar refractivity (Wildman–Crippen MR) is 56.5 cm³/mol. The van der Waals surface area contributed by atoms with Crippen LogP contribution in [-0.4, -0.2) is 16.5 Å². The molecule has 0 atom stereocenters. The van der Waals surface area contributed by atoms with Gasteiger partial charge in [0.15, 0.2) is 5.78 Å². The molecule has 0 saturated heterocycles. The van der Waals surface area contributed by atoms with Crippen LogP contribution in [0.15, 0.2) is 30.5 Å². The van der Waals surface area contributed by atoms with E-state index in [1.54, 1.807) is 6.20 Å². The Balaban J connectivity index is 2.64. The van der Waals surface area contributed by atoms with E-state index >= 15 is 0 Å². The third-order valence-electron chi connectivity index (χ3n) is 2.03. The molecule has 0 bridgehead atoms. The standard InChI is InChI=1S/C10H9NOS/c12-10(6-13)8-5-11-9-4-2-1-3-7(8)9/h1-5,11,13H,6H2. The largest absolute Gasteiger partial charge is 0.360 e. The first-order chi connectivity index (χ1) is 6.33. The van der Waals surface area contributed by atoms with Crippen molar-refractivity contribution < 1.29 is 4.79 Å². The van der Waals surface area contributed by atoms with Crippen molar-refractivity contribution in [3.05, 3.63) is 36.0 Å². The number of thiol groups is 1. The zero-order valence-electron chi connectivity index (χ0n) is 6.95. The quantitative estimate of drug-likeness (QED) is 0.554. The number of carbonyl (C=O) groups excluding carboxylic acids is 1. The van der Waals surface area contributed by atoms with E-state index in [1.807, 2.05) is 24.3 Å². The number of aromatic nitrogens is 1. The van der Waals surface area contributed by atoms with Crippen molar-refractivity contribution in [3.63, 3.8) is 0 Å². The first kappa shape index (κ1) is 8.38. The number of fused-ring (bicyclic) bond motifs is 1. The van der Waals surface area contributed by atoms with E-state index in [1.165, 1.54) is 0 Å². The highest BCUT2D eigenvalue weighted by Crippen LogP contribution is 2.18. The van der Waals surface area contributed by atoms with Gasteiger partial charge in [-0.05, 0) is 6.07 Å². The normalized spacial score (nSPS) is 10.5.